The molecule has 0 aliphatic heterocycles. The second-order valence-electron chi connectivity index (χ2n) is 6.60. The fourth-order valence-corrected chi connectivity index (χ4v) is 3.68. The van der Waals surface area contributed by atoms with E-state index in [1.807, 2.05) is 6.92 Å². The van der Waals surface area contributed by atoms with Crippen molar-refractivity contribution in [2.45, 2.75) is 18.2 Å². The molecule has 0 saturated carbocycles. The summed E-state index contributed by atoms with van der Waals surface area (Å²) in [4.78, 5) is 22.6. The van der Waals surface area contributed by atoms with E-state index in [0.717, 1.165) is 5.75 Å². The van der Waals surface area contributed by atoms with Gasteiger partial charge in [-0.25, -0.2) is 0 Å². The maximum Gasteiger partial charge on any atom is 0.289 e. The van der Waals surface area contributed by atoms with Crippen molar-refractivity contribution in [1.82, 2.24) is 14.8 Å². The largest absolute Gasteiger partial charge is 0.497 e. The first-order valence-corrected chi connectivity index (χ1v) is 10.7. The number of hydrogen-bond donors (Lipinski definition) is 1. The van der Waals surface area contributed by atoms with E-state index in [0.29, 0.717) is 16.7 Å². The van der Waals surface area contributed by atoms with Gasteiger partial charge in [0.05, 0.1) is 17.8 Å². The number of benzene rings is 2. The average Bonchev–Trinajstić information content (AvgIpc) is 3.14. The van der Waals surface area contributed by atoms with Gasteiger partial charge in [-0.2, -0.15) is 0 Å². The fraction of sp³-hybridized carbons (Fsp3) is 0.250. The SMILES string of the molecule is COc1ccc(OC(C)c2nnc(SCC(=O)Nc3ccc(Cl)c([N+](=O)[O-])c3)n2C)cc1. The number of anilines is 1. The Morgan fingerprint density at radius 2 is 1.94 bits per heavy atom. The minimum Gasteiger partial charge on any atom is -0.497 e. The van der Waals surface area contributed by atoms with Crippen LogP contribution in [0.2, 0.25) is 5.02 Å². The molecule has 1 N–H and O–H groups in total. The van der Waals surface area contributed by atoms with Crippen LogP contribution < -0.4 is 14.8 Å². The van der Waals surface area contributed by atoms with E-state index in [-0.39, 0.29) is 34.2 Å². The lowest BCUT2D eigenvalue weighted by Gasteiger charge is -2.14. The third kappa shape index (κ3) is 5.68. The first-order chi connectivity index (χ1) is 15.3. The molecule has 0 radical (unpaired) electrons. The number of carbonyl (C=O) groups excluding carboxylic acids is 1. The van der Waals surface area contributed by atoms with E-state index >= 15 is 0 Å². The Morgan fingerprint density at radius 3 is 2.59 bits per heavy atom. The van der Waals surface area contributed by atoms with Gasteiger partial charge in [0.1, 0.15) is 16.5 Å². The van der Waals surface area contributed by atoms with Crippen molar-refractivity contribution in [2.75, 3.05) is 18.2 Å². The van der Waals surface area contributed by atoms with Gasteiger partial charge in [-0.1, -0.05) is 23.4 Å². The minimum atomic E-state index is -0.608. The van der Waals surface area contributed by atoms with E-state index < -0.39 is 4.92 Å². The number of ether oxygens (including phenoxy) is 2. The number of rotatable bonds is 9. The Kier molecular flexibility index (Phi) is 7.54. The number of thioether (sulfide) groups is 1. The molecule has 0 saturated heterocycles. The molecule has 0 bridgehead atoms. The van der Waals surface area contributed by atoms with Gasteiger partial charge < -0.3 is 19.4 Å². The summed E-state index contributed by atoms with van der Waals surface area (Å²) in [6.07, 6.45) is -0.376. The number of methoxy groups -OCH3 is 1. The molecule has 1 aromatic heterocycles. The molecule has 10 nitrogen and oxygen atoms in total. The van der Waals surface area contributed by atoms with E-state index in [1.165, 1.54) is 30.0 Å². The summed E-state index contributed by atoms with van der Waals surface area (Å²) in [5.41, 5.74) is 0.00720. The molecule has 0 aliphatic carbocycles. The van der Waals surface area contributed by atoms with Crippen LogP contribution >= 0.6 is 23.4 Å². The van der Waals surface area contributed by atoms with Crippen LogP contribution in [0.4, 0.5) is 11.4 Å². The number of nitro groups is 1. The van der Waals surface area contributed by atoms with Crippen LogP contribution in [0.5, 0.6) is 11.5 Å². The summed E-state index contributed by atoms with van der Waals surface area (Å²) in [6, 6.07) is 11.3. The monoisotopic (exact) mass is 477 g/mol. The highest BCUT2D eigenvalue weighted by Crippen LogP contribution is 2.28. The van der Waals surface area contributed by atoms with Crippen LogP contribution in [0.1, 0.15) is 18.9 Å². The highest BCUT2D eigenvalue weighted by atomic mass is 35.5. The van der Waals surface area contributed by atoms with E-state index in [9.17, 15) is 14.9 Å². The lowest BCUT2D eigenvalue weighted by atomic mass is 10.3. The minimum absolute atomic E-state index is 0.0000306. The fourth-order valence-electron chi connectivity index (χ4n) is 2.77. The van der Waals surface area contributed by atoms with Crippen molar-refractivity contribution in [3.05, 3.63) is 63.4 Å². The van der Waals surface area contributed by atoms with Crippen LogP contribution in [-0.4, -0.2) is 38.5 Å². The van der Waals surface area contributed by atoms with Gasteiger partial charge in [0.2, 0.25) is 5.91 Å². The molecule has 32 heavy (non-hydrogen) atoms. The van der Waals surface area contributed by atoms with Gasteiger partial charge >= 0.3 is 0 Å². The Morgan fingerprint density at radius 1 is 1.25 bits per heavy atom. The predicted octanol–water partition coefficient (Wildman–Crippen LogP) is 4.26. The highest BCUT2D eigenvalue weighted by Gasteiger charge is 2.19. The van der Waals surface area contributed by atoms with Gasteiger partial charge in [0.25, 0.3) is 5.69 Å². The third-order valence-corrected chi connectivity index (χ3v) is 5.70. The molecule has 3 aromatic rings. The molecule has 168 valence electrons. The maximum atomic E-state index is 12.3. The maximum absolute atomic E-state index is 12.3. The summed E-state index contributed by atoms with van der Waals surface area (Å²) >= 11 is 6.97. The molecule has 12 heteroatoms. The second kappa shape index (κ2) is 10.3. The summed E-state index contributed by atoms with van der Waals surface area (Å²) in [6.45, 7) is 1.85. The number of carbonyl (C=O) groups is 1. The van der Waals surface area contributed by atoms with Crippen molar-refractivity contribution >= 4 is 40.6 Å². The van der Waals surface area contributed by atoms with Crippen molar-refractivity contribution < 1.29 is 19.2 Å². The second-order valence-corrected chi connectivity index (χ2v) is 7.95. The van der Waals surface area contributed by atoms with Gasteiger partial charge in [0.15, 0.2) is 17.1 Å². The van der Waals surface area contributed by atoms with Crippen LogP contribution in [-0.2, 0) is 11.8 Å². The number of nitrogens with zero attached hydrogens (tertiary/aromatic N) is 4. The van der Waals surface area contributed by atoms with E-state index in [2.05, 4.69) is 15.5 Å². The van der Waals surface area contributed by atoms with Crippen LogP contribution in [0, 0.1) is 10.1 Å². The number of nitro benzene ring substituents is 1. The smallest absolute Gasteiger partial charge is 0.289 e. The number of aromatic nitrogens is 3. The van der Waals surface area contributed by atoms with Crippen molar-refractivity contribution in [3.63, 3.8) is 0 Å². The topological polar surface area (TPSA) is 121 Å². The van der Waals surface area contributed by atoms with Crippen LogP contribution in [0.25, 0.3) is 0 Å². The Hall–Kier alpha value is -3.31. The van der Waals surface area contributed by atoms with Gasteiger partial charge in [-0.15, -0.1) is 10.2 Å². The Labute approximate surface area is 193 Å². The summed E-state index contributed by atoms with van der Waals surface area (Å²) in [5, 5.41) is 22.4. The normalized spacial score (nSPS) is 11.6. The summed E-state index contributed by atoms with van der Waals surface area (Å²) in [7, 11) is 3.38. The number of nitrogens with one attached hydrogen (secondary N) is 1. The first kappa shape index (κ1) is 23.4. The summed E-state index contributed by atoms with van der Waals surface area (Å²) < 4.78 is 12.8. The first-order valence-electron chi connectivity index (χ1n) is 9.35. The molecule has 0 spiro atoms. The van der Waals surface area contributed by atoms with E-state index in [1.54, 1.807) is 43.0 Å². The molecule has 1 amide bonds. The van der Waals surface area contributed by atoms with Crippen LogP contribution in [0.3, 0.4) is 0 Å². The molecule has 3 rings (SSSR count). The van der Waals surface area contributed by atoms with Crippen molar-refractivity contribution in [2.24, 2.45) is 7.05 Å². The molecule has 1 heterocycles. The van der Waals surface area contributed by atoms with Crippen molar-refractivity contribution in [3.8, 4) is 11.5 Å². The number of hydrogen-bond acceptors (Lipinski definition) is 8. The highest BCUT2D eigenvalue weighted by molar-refractivity contribution is 7.99. The van der Waals surface area contributed by atoms with Gasteiger partial charge in [-0.05, 0) is 43.3 Å². The number of halogens is 1. The predicted molar refractivity (Wildman–Crippen MR) is 121 cm³/mol. The standard InChI is InChI=1S/C20H20ClN5O5S/c1-12(31-15-7-5-14(30-3)6-8-15)19-23-24-20(25(19)2)32-11-18(27)22-13-4-9-16(21)17(10-13)26(28)29/h4-10,12H,11H2,1-3H3,(H,22,27). The zero-order chi connectivity index (χ0) is 23.3. The molecular weight excluding hydrogens is 458 g/mol. The quantitative estimate of drug-likeness (QED) is 0.275. The molecule has 0 fully saturated rings. The van der Waals surface area contributed by atoms with Gasteiger partial charge in [0, 0.05) is 18.8 Å². The zero-order valence-electron chi connectivity index (χ0n) is 17.4. The van der Waals surface area contributed by atoms with E-state index in [4.69, 9.17) is 21.1 Å². The third-order valence-electron chi connectivity index (χ3n) is 4.36. The Balaban J connectivity index is 1.58. The molecule has 2 aromatic carbocycles. The van der Waals surface area contributed by atoms with Crippen LogP contribution in [0.15, 0.2) is 47.6 Å². The molecule has 1 atom stereocenters. The Bertz CT molecular complexity index is 1120. The zero-order valence-corrected chi connectivity index (χ0v) is 19.0. The van der Waals surface area contributed by atoms with Crippen molar-refractivity contribution in [1.29, 1.82) is 0 Å². The lowest BCUT2D eigenvalue weighted by Crippen LogP contribution is -2.15. The molecule has 0 aliphatic rings. The summed E-state index contributed by atoms with van der Waals surface area (Å²) in [5.74, 6) is 1.67. The molecular formula is C20H20ClN5O5S. The average molecular weight is 478 g/mol. The lowest BCUT2D eigenvalue weighted by molar-refractivity contribution is -0.384. The van der Waals surface area contributed by atoms with Gasteiger partial charge in [-0.3, -0.25) is 14.9 Å². The molecule has 1 unspecified atom stereocenters. The number of amides is 1.